The maximum atomic E-state index is 13.2. The first-order valence-electron chi connectivity index (χ1n) is 6.93. The normalized spacial score (nSPS) is 10.9. The van der Waals surface area contributed by atoms with E-state index in [2.05, 4.69) is 19.2 Å². The van der Waals surface area contributed by atoms with E-state index in [0.29, 0.717) is 24.2 Å². The second-order valence-electron chi connectivity index (χ2n) is 5.21. The van der Waals surface area contributed by atoms with Gasteiger partial charge in [-0.25, -0.2) is 4.39 Å². The summed E-state index contributed by atoms with van der Waals surface area (Å²) >= 11 is 6.04. The van der Waals surface area contributed by atoms with Gasteiger partial charge in [0.2, 0.25) is 0 Å². The van der Waals surface area contributed by atoms with Gasteiger partial charge < -0.3 is 10.1 Å². The predicted octanol–water partition coefficient (Wildman–Crippen LogP) is 4.56. The number of halogens is 2. The SMILES string of the molecule is CC(C)NCc1cc(Cl)ccc1OCc1cccc(F)c1. The third-order valence-corrected chi connectivity index (χ3v) is 3.24. The molecule has 0 aliphatic rings. The van der Waals surface area contributed by atoms with Crippen LogP contribution in [0.5, 0.6) is 5.75 Å². The van der Waals surface area contributed by atoms with Crippen LogP contribution >= 0.6 is 11.6 Å². The maximum absolute atomic E-state index is 13.2. The van der Waals surface area contributed by atoms with Crippen LogP contribution in [0.2, 0.25) is 5.02 Å². The minimum absolute atomic E-state index is 0.256. The van der Waals surface area contributed by atoms with Crippen molar-refractivity contribution in [2.24, 2.45) is 0 Å². The van der Waals surface area contributed by atoms with Gasteiger partial charge in [-0.15, -0.1) is 0 Å². The van der Waals surface area contributed by atoms with Crippen LogP contribution in [-0.2, 0) is 13.2 Å². The number of nitrogens with one attached hydrogen (secondary N) is 1. The fourth-order valence-corrected chi connectivity index (χ4v) is 2.12. The van der Waals surface area contributed by atoms with Gasteiger partial charge in [0.25, 0.3) is 0 Å². The Bertz CT molecular complexity index is 601. The molecule has 0 aliphatic heterocycles. The summed E-state index contributed by atoms with van der Waals surface area (Å²) in [5.41, 5.74) is 1.79. The smallest absolute Gasteiger partial charge is 0.124 e. The summed E-state index contributed by atoms with van der Waals surface area (Å²) in [6.07, 6.45) is 0. The Morgan fingerprint density at radius 3 is 2.71 bits per heavy atom. The van der Waals surface area contributed by atoms with Crippen LogP contribution in [0, 0.1) is 5.82 Å². The zero-order valence-electron chi connectivity index (χ0n) is 12.2. The van der Waals surface area contributed by atoms with Crippen LogP contribution in [0.3, 0.4) is 0 Å². The summed E-state index contributed by atoms with van der Waals surface area (Å²) in [5.74, 6) is 0.505. The first kappa shape index (κ1) is 15.8. The van der Waals surface area contributed by atoms with Crippen LogP contribution in [0.25, 0.3) is 0 Å². The van der Waals surface area contributed by atoms with Crippen molar-refractivity contribution in [3.8, 4) is 5.75 Å². The van der Waals surface area contributed by atoms with Crippen LogP contribution in [0.1, 0.15) is 25.0 Å². The lowest BCUT2D eigenvalue weighted by atomic mass is 10.2. The molecule has 0 radical (unpaired) electrons. The Morgan fingerprint density at radius 2 is 2.00 bits per heavy atom. The quantitative estimate of drug-likeness (QED) is 0.845. The summed E-state index contributed by atoms with van der Waals surface area (Å²) in [5, 5.41) is 4.01. The third kappa shape index (κ3) is 5.03. The zero-order chi connectivity index (χ0) is 15.2. The van der Waals surface area contributed by atoms with Crippen molar-refractivity contribution in [2.45, 2.75) is 33.0 Å². The number of benzene rings is 2. The topological polar surface area (TPSA) is 21.3 Å². The van der Waals surface area contributed by atoms with Gasteiger partial charge in [-0.05, 0) is 35.9 Å². The molecule has 21 heavy (non-hydrogen) atoms. The summed E-state index contributed by atoms with van der Waals surface area (Å²) in [6.45, 7) is 5.17. The molecule has 0 aliphatic carbocycles. The van der Waals surface area contributed by atoms with Crippen LogP contribution in [-0.4, -0.2) is 6.04 Å². The molecule has 0 amide bonds. The van der Waals surface area contributed by atoms with E-state index < -0.39 is 0 Å². The van der Waals surface area contributed by atoms with Crippen molar-refractivity contribution in [3.63, 3.8) is 0 Å². The van der Waals surface area contributed by atoms with Gasteiger partial charge in [0.1, 0.15) is 18.2 Å². The number of rotatable bonds is 6. The van der Waals surface area contributed by atoms with Crippen LogP contribution in [0.15, 0.2) is 42.5 Å². The maximum Gasteiger partial charge on any atom is 0.124 e. The van der Waals surface area contributed by atoms with Gasteiger partial charge >= 0.3 is 0 Å². The van der Waals surface area contributed by atoms with Gasteiger partial charge in [-0.3, -0.25) is 0 Å². The molecule has 2 aromatic carbocycles. The molecule has 0 bridgehead atoms. The average Bonchev–Trinajstić information content (AvgIpc) is 2.44. The predicted molar refractivity (Wildman–Crippen MR) is 84.2 cm³/mol. The molecular formula is C17H19ClFNO. The molecule has 0 unspecified atom stereocenters. The Kier molecular flexibility index (Phi) is 5.59. The van der Waals surface area contributed by atoms with Crippen LogP contribution < -0.4 is 10.1 Å². The van der Waals surface area contributed by atoms with Gasteiger partial charge in [-0.2, -0.15) is 0 Å². The molecule has 0 spiro atoms. The monoisotopic (exact) mass is 307 g/mol. The van der Waals surface area contributed by atoms with E-state index >= 15 is 0 Å². The highest BCUT2D eigenvalue weighted by molar-refractivity contribution is 6.30. The molecule has 4 heteroatoms. The first-order chi connectivity index (χ1) is 10.0. The molecule has 0 heterocycles. The highest BCUT2D eigenvalue weighted by atomic mass is 35.5. The molecule has 2 rings (SSSR count). The van der Waals surface area contributed by atoms with Crippen molar-refractivity contribution in [3.05, 3.63) is 64.4 Å². The van der Waals surface area contributed by atoms with Crippen molar-refractivity contribution in [2.75, 3.05) is 0 Å². The van der Waals surface area contributed by atoms with E-state index in [-0.39, 0.29) is 5.82 Å². The Hall–Kier alpha value is -1.58. The zero-order valence-corrected chi connectivity index (χ0v) is 13.0. The third-order valence-electron chi connectivity index (χ3n) is 3.01. The number of ether oxygens (including phenoxy) is 1. The lowest BCUT2D eigenvalue weighted by Crippen LogP contribution is -2.22. The van der Waals surface area contributed by atoms with Gasteiger partial charge in [-0.1, -0.05) is 37.6 Å². The number of hydrogen-bond acceptors (Lipinski definition) is 2. The van der Waals surface area contributed by atoms with Gasteiger partial charge in [0.15, 0.2) is 0 Å². The fraction of sp³-hybridized carbons (Fsp3) is 0.294. The average molecular weight is 308 g/mol. The number of hydrogen-bond donors (Lipinski definition) is 1. The summed E-state index contributed by atoms with van der Waals surface area (Å²) in [6, 6.07) is 12.3. The standard InChI is InChI=1S/C17H19ClFNO/c1-12(2)20-10-14-9-15(18)6-7-17(14)21-11-13-4-3-5-16(19)8-13/h3-9,12,20H,10-11H2,1-2H3. The molecular weight excluding hydrogens is 289 g/mol. The Morgan fingerprint density at radius 1 is 1.19 bits per heavy atom. The fourth-order valence-electron chi connectivity index (χ4n) is 1.93. The molecule has 2 aromatic rings. The second-order valence-corrected chi connectivity index (χ2v) is 5.64. The molecule has 0 atom stereocenters. The van der Waals surface area contributed by atoms with E-state index in [9.17, 15) is 4.39 Å². The molecule has 0 fully saturated rings. The lowest BCUT2D eigenvalue weighted by molar-refractivity contribution is 0.301. The van der Waals surface area contributed by atoms with Crippen LogP contribution in [0.4, 0.5) is 4.39 Å². The minimum atomic E-state index is -0.256. The molecule has 2 nitrogen and oxygen atoms in total. The summed E-state index contributed by atoms with van der Waals surface area (Å²) in [4.78, 5) is 0. The highest BCUT2D eigenvalue weighted by Gasteiger charge is 2.06. The summed E-state index contributed by atoms with van der Waals surface area (Å²) in [7, 11) is 0. The van der Waals surface area contributed by atoms with Crippen molar-refractivity contribution >= 4 is 11.6 Å². The van der Waals surface area contributed by atoms with E-state index in [1.165, 1.54) is 12.1 Å². The lowest BCUT2D eigenvalue weighted by Gasteiger charge is -2.14. The second kappa shape index (κ2) is 7.43. The van der Waals surface area contributed by atoms with E-state index in [1.807, 2.05) is 18.2 Å². The van der Waals surface area contributed by atoms with Gasteiger partial charge in [0, 0.05) is 23.2 Å². The molecule has 0 aromatic heterocycles. The largest absolute Gasteiger partial charge is 0.489 e. The Balaban J connectivity index is 2.08. The van der Waals surface area contributed by atoms with E-state index in [0.717, 1.165) is 16.9 Å². The first-order valence-corrected chi connectivity index (χ1v) is 7.31. The molecule has 1 N–H and O–H groups in total. The Labute approximate surface area is 129 Å². The minimum Gasteiger partial charge on any atom is -0.489 e. The van der Waals surface area contributed by atoms with Crippen molar-refractivity contribution < 1.29 is 9.13 Å². The van der Waals surface area contributed by atoms with E-state index in [1.54, 1.807) is 12.1 Å². The van der Waals surface area contributed by atoms with Gasteiger partial charge in [0.05, 0.1) is 0 Å². The summed E-state index contributed by atoms with van der Waals surface area (Å²) < 4.78 is 19.0. The molecule has 0 saturated heterocycles. The molecule has 0 saturated carbocycles. The van der Waals surface area contributed by atoms with E-state index in [4.69, 9.17) is 16.3 Å². The highest BCUT2D eigenvalue weighted by Crippen LogP contribution is 2.24. The molecule has 112 valence electrons. The van der Waals surface area contributed by atoms with Crippen molar-refractivity contribution in [1.82, 2.24) is 5.32 Å². The van der Waals surface area contributed by atoms with Crippen molar-refractivity contribution in [1.29, 1.82) is 0 Å².